The summed E-state index contributed by atoms with van der Waals surface area (Å²) in [6.07, 6.45) is 0. The van der Waals surface area contributed by atoms with Gasteiger partial charge < -0.3 is 5.32 Å². The van der Waals surface area contributed by atoms with Crippen LogP contribution in [0.25, 0.3) is 0 Å². The lowest BCUT2D eigenvalue weighted by atomic mass is 10.1. The highest BCUT2D eigenvalue weighted by molar-refractivity contribution is 6.47. The van der Waals surface area contributed by atoms with Crippen molar-refractivity contribution in [2.45, 2.75) is 0 Å². The molecule has 11 nitrogen and oxygen atoms in total. The Balaban J connectivity index is 2.79. The first-order valence-corrected chi connectivity index (χ1v) is 7.67. The van der Waals surface area contributed by atoms with Crippen LogP contribution in [0.4, 0.5) is 28.4 Å². The largest absolute Gasteiger partial charge is 0.342 e. The number of rotatable bonds is 5. The summed E-state index contributed by atoms with van der Waals surface area (Å²) in [5, 5.41) is 44.0. The summed E-state index contributed by atoms with van der Waals surface area (Å²) in [5.74, 6) is 0. The van der Waals surface area contributed by atoms with Crippen molar-refractivity contribution in [3.8, 4) is 6.07 Å². The molecule has 0 unspecified atom stereocenters. The lowest BCUT2D eigenvalue weighted by Crippen LogP contribution is -2.04. The van der Waals surface area contributed by atoms with Crippen molar-refractivity contribution in [2.24, 2.45) is 0 Å². The third-order valence-corrected chi connectivity index (χ3v) is 4.38. The van der Waals surface area contributed by atoms with Gasteiger partial charge in [0.05, 0.1) is 53.2 Å². The molecule has 2 aromatic rings. The minimum absolute atomic E-state index is 0.0927. The lowest BCUT2D eigenvalue weighted by molar-refractivity contribution is -0.401. The van der Waals surface area contributed by atoms with Crippen molar-refractivity contribution < 1.29 is 14.8 Å². The SMILES string of the molecule is N#Cc1cc(Cl)c(Nc2c([N+](=O)[O-])cc([N+](=O)[O-])cc2[N+](=O)[O-])c(Cl)c1Cl. The highest BCUT2D eigenvalue weighted by atomic mass is 35.5. The molecule has 0 heterocycles. The Morgan fingerprint density at radius 2 is 1.37 bits per heavy atom. The molecule has 0 aromatic heterocycles. The average Bonchev–Trinajstić information content (AvgIpc) is 2.60. The number of nitro groups is 3. The maximum Gasteiger partial charge on any atom is 0.306 e. The van der Waals surface area contributed by atoms with E-state index in [1.54, 1.807) is 6.07 Å². The number of non-ortho nitro benzene ring substituents is 1. The molecular weight excluding hydrogens is 429 g/mol. The van der Waals surface area contributed by atoms with E-state index in [2.05, 4.69) is 5.32 Å². The van der Waals surface area contributed by atoms with Crippen molar-refractivity contribution in [1.82, 2.24) is 0 Å². The second-order valence-electron chi connectivity index (χ2n) is 4.78. The van der Waals surface area contributed by atoms with Crippen LogP contribution in [0, 0.1) is 41.7 Å². The number of nitrogens with one attached hydrogen (secondary N) is 1. The van der Waals surface area contributed by atoms with Crippen LogP contribution in [0.3, 0.4) is 0 Å². The normalized spacial score (nSPS) is 10.1. The molecule has 2 aromatic carbocycles. The van der Waals surface area contributed by atoms with Gasteiger partial charge in [0, 0.05) is 0 Å². The predicted molar refractivity (Wildman–Crippen MR) is 95.9 cm³/mol. The van der Waals surface area contributed by atoms with Crippen LogP contribution in [0.5, 0.6) is 0 Å². The summed E-state index contributed by atoms with van der Waals surface area (Å²) in [7, 11) is 0. The van der Waals surface area contributed by atoms with Crippen molar-refractivity contribution in [2.75, 3.05) is 5.32 Å². The van der Waals surface area contributed by atoms with Crippen LogP contribution in [0.15, 0.2) is 18.2 Å². The van der Waals surface area contributed by atoms with Crippen LogP contribution in [-0.4, -0.2) is 14.8 Å². The zero-order chi connectivity index (χ0) is 20.5. The van der Waals surface area contributed by atoms with E-state index in [9.17, 15) is 30.3 Å². The summed E-state index contributed by atoms with van der Waals surface area (Å²) in [4.78, 5) is 30.4. The third-order valence-electron chi connectivity index (χ3n) is 3.21. The fraction of sp³-hybridized carbons (Fsp3) is 0. The summed E-state index contributed by atoms with van der Waals surface area (Å²) >= 11 is 17.9. The van der Waals surface area contributed by atoms with E-state index in [1.165, 1.54) is 0 Å². The number of hydrogen-bond acceptors (Lipinski definition) is 8. The molecule has 0 saturated carbocycles. The Labute approximate surface area is 164 Å². The number of hydrogen-bond donors (Lipinski definition) is 1. The van der Waals surface area contributed by atoms with Gasteiger partial charge in [-0.1, -0.05) is 34.8 Å². The van der Waals surface area contributed by atoms with Crippen LogP contribution in [0.2, 0.25) is 15.1 Å². The van der Waals surface area contributed by atoms with Gasteiger partial charge in [-0.15, -0.1) is 0 Å². The standard InChI is InChI=1S/C13H4Cl3N5O6/c14-7-1-5(4-17)10(15)11(16)12(7)18-13-8(20(24)25)2-6(19(22)23)3-9(13)21(26)27/h1-3,18H. The molecule has 1 N–H and O–H groups in total. The number of nitriles is 1. The minimum Gasteiger partial charge on any atom is -0.342 e. The number of nitrogens with zero attached hydrogens (tertiary/aromatic N) is 4. The Kier molecular flexibility index (Phi) is 5.65. The van der Waals surface area contributed by atoms with Gasteiger partial charge in [0.2, 0.25) is 0 Å². The molecule has 0 saturated heterocycles. The Morgan fingerprint density at radius 3 is 1.78 bits per heavy atom. The molecule has 14 heteroatoms. The van der Waals surface area contributed by atoms with Gasteiger partial charge in [0.1, 0.15) is 6.07 Å². The Morgan fingerprint density at radius 1 is 0.852 bits per heavy atom. The molecule has 0 amide bonds. The Hall–Kier alpha value is -3.20. The number of halogens is 3. The maximum atomic E-state index is 11.3. The van der Waals surface area contributed by atoms with Gasteiger partial charge >= 0.3 is 11.4 Å². The first-order chi connectivity index (χ1) is 12.6. The zero-order valence-electron chi connectivity index (χ0n) is 12.6. The first-order valence-electron chi connectivity index (χ1n) is 6.54. The number of nitro benzene ring substituents is 3. The highest BCUT2D eigenvalue weighted by Crippen LogP contribution is 2.45. The third kappa shape index (κ3) is 3.82. The Bertz CT molecular complexity index is 1020. The van der Waals surface area contributed by atoms with Gasteiger partial charge in [-0.25, -0.2) is 0 Å². The highest BCUT2D eigenvalue weighted by Gasteiger charge is 2.32. The first kappa shape index (κ1) is 20.1. The molecule has 0 aliphatic heterocycles. The topological polar surface area (TPSA) is 165 Å². The smallest absolute Gasteiger partial charge is 0.306 e. The van der Waals surface area contributed by atoms with E-state index in [0.29, 0.717) is 12.1 Å². The molecule has 0 bridgehead atoms. The summed E-state index contributed by atoms with van der Waals surface area (Å²) in [6.45, 7) is 0. The van der Waals surface area contributed by atoms with Crippen LogP contribution < -0.4 is 5.32 Å². The molecular formula is C13H4Cl3N5O6. The molecule has 0 fully saturated rings. The molecule has 27 heavy (non-hydrogen) atoms. The van der Waals surface area contributed by atoms with Crippen molar-refractivity contribution in [1.29, 1.82) is 5.26 Å². The molecule has 0 radical (unpaired) electrons. The van der Waals surface area contributed by atoms with E-state index in [1.807, 2.05) is 0 Å². The van der Waals surface area contributed by atoms with Gasteiger partial charge in [-0.3, -0.25) is 30.3 Å². The maximum absolute atomic E-state index is 11.3. The average molecular weight is 433 g/mol. The number of benzene rings is 2. The van der Waals surface area contributed by atoms with E-state index in [-0.39, 0.29) is 26.3 Å². The van der Waals surface area contributed by atoms with Gasteiger partial charge in [-0.05, 0) is 6.07 Å². The van der Waals surface area contributed by atoms with Gasteiger partial charge in [-0.2, -0.15) is 5.26 Å². The molecule has 0 spiro atoms. The van der Waals surface area contributed by atoms with Gasteiger partial charge in [0.25, 0.3) is 5.69 Å². The van der Waals surface area contributed by atoms with Crippen molar-refractivity contribution in [3.05, 3.63) is 69.2 Å². The molecule has 0 aliphatic rings. The van der Waals surface area contributed by atoms with E-state index >= 15 is 0 Å². The summed E-state index contributed by atoms with van der Waals surface area (Å²) in [6, 6.07) is 3.91. The zero-order valence-corrected chi connectivity index (χ0v) is 14.9. The van der Waals surface area contributed by atoms with Gasteiger partial charge in [0.15, 0.2) is 5.69 Å². The minimum atomic E-state index is -1.05. The predicted octanol–water partition coefficient (Wildman–Crippen LogP) is 4.99. The van der Waals surface area contributed by atoms with Crippen LogP contribution in [-0.2, 0) is 0 Å². The van der Waals surface area contributed by atoms with Crippen molar-refractivity contribution >= 4 is 63.2 Å². The molecule has 138 valence electrons. The lowest BCUT2D eigenvalue weighted by Gasteiger charge is -2.13. The second-order valence-corrected chi connectivity index (χ2v) is 5.94. The van der Waals surface area contributed by atoms with E-state index in [0.717, 1.165) is 6.07 Å². The molecule has 0 aliphatic carbocycles. The van der Waals surface area contributed by atoms with E-state index in [4.69, 9.17) is 40.1 Å². The summed E-state index contributed by atoms with van der Waals surface area (Å²) in [5.41, 5.74) is -3.80. The molecule has 2 rings (SSSR count). The fourth-order valence-corrected chi connectivity index (χ4v) is 2.78. The quantitative estimate of drug-likeness (QED) is 0.392. The van der Waals surface area contributed by atoms with Crippen LogP contribution in [0.1, 0.15) is 5.56 Å². The monoisotopic (exact) mass is 431 g/mol. The van der Waals surface area contributed by atoms with Crippen LogP contribution >= 0.6 is 34.8 Å². The molecule has 0 atom stereocenters. The van der Waals surface area contributed by atoms with E-state index < -0.39 is 37.5 Å². The fourth-order valence-electron chi connectivity index (χ4n) is 2.03. The van der Waals surface area contributed by atoms with Crippen molar-refractivity contribution in [3.63, 3.8) is 0 Å². The summed E-state index contributed by atoms with van der Waals surface area (Å²) < 4.78 is 0. The number of anilines is 2. The second kappa shape index (κ2) is 7.58.